The van der Waals surface area contributed by atoms with Crippen LogP contribution in [0.2, 0.25) is 0 Å². The van der Waals surface area contributed by atoms with E-state index < -0.39 is 0 Å². The Kier molecular flexibility index (Phi) is 30.6. The van der Waals surface area contributed by atoms with Crippen LogP contribution in [0.3, 0.4) is 0 Å². The van der Waals surface area contributed by atoms with E-state index in [1.807, 2.05) is 26.8 Å². The molecule has 1 heterocycles. The third kappa shape index (κ3) is 30.5. The second kappa shape index (κ2) is 22.1. The monoisotopic (exact) mass is 734 g/mol. The average Bonchev–Trinajstić information content (AvgIpc) is 3.13. The Balaban J connectivity index is -0.0000000827. The van der Waals surface area contributed by atoms with Gasteiger partial charge in [0.05, 0.1) is 6.54 Å². The molecule has 0 unspecified atom stereocenters. The molecule has 0 atom stereocenters. The Labute approximate surface area is 318 Å². The second-order valence-corrected chi connectivity index (χ2v) is 16.3. The zero-order chi connectivity index (χ0) is 30.3. The van der Waals surface area contributed by atoms with Crippen molar-refractivity contribution in [3.05, 3.63) is 53.5 Å². The van der Waals surface area contributed by atoms with Gasteiger partial charge in [0.1, 0.15) is 0 Å². The van der Waals surface area contributed by atoms with Crippen molar-refractivity contribution in [3.8, 4) is 0 Å². The van der Waals surface area contributed by atoms with E-state index in [1.54, 1.807) is 6.08 Å². The average molecular weight is 735 g/mol. The predicted octanol–water partition coefficient (Wildman–Crippen LogP) is 12.6. The minimum Gasteiger partial charge on any atom is -0.908 e. The molecule has 1 aliphatic heterocycles. The van der Waals surface area contributed by atoms with E-state index in [9.17, 15) is 5.41 Å². The van der Waals surface area contributed by atoms with Crippen LogP contribution in [0.5, 0.6) is 0 Å². The normalized spacial score (nSPS) is 13.7. The zero-order valence-electron chi connectivity index (χ0n) is 29.1. The molecule has 0 aromatic rings. The van der Waals surface area contributed by atoms with Crippen LogP contribution in [0.25, 0.3) is 5.41 Å². The molecule has 0 aromatic carbocycles. The van der Waals surface area contributed by atoms with Gasteiger partial charge in [-0.3, -0.25) is 17.1 Å². The van der Waals surface area contributed by atoms with Gasteiger partial charge in [-0.25, -0.2) is 0 Å². The Morgan fingerprint density at radius 3 is 1.24 bits per heavy atom. The van der Waals surface area contributed by atoms with Gasteiger partial charge in [-0.1, -0.05) is 152 Å². The third-order valence-corrected chi connectivity index (χ3v) is 5.40. The molecule has 1 aliphatic rings. The molecule has 1 rings (SSSR count). The van der Waals surface area contributed by atoms with Gasteiger partial charge >= 0.3 is 0 Å². The summed E-state index contributed by atoms with van der Waals surface area (Å²) < 4.78 is 0. The largest absolute Gasteiger partial charge is 0.908 e. The van der Waals surface area contributed by atoms with E-state index in [4.69, 9.17) is 6.58 Å². The van der Waals surface area contributed by atoms with Gasteiger partial charge < -0.3 is 35.4 Å². The molecule has 0 aromatic heterocycles. The molecule has 0 fully saturated rings. The van der Waals surface area contributed by atoms with E-state index in [0.717, 1.165) is 12.1 Å². The van der Waals surface area contributed by atoms with E-state index >= 15 is 0 Å². The van der Waals surface area contributed by atoms with E-state index in [0.29, 0.717) is 5.71 Å². The quantitative estimate of drug-likeness (QED) is 0.154. The van der Waals surface area contributed by atoms with Crippen LogP contribution < -0.4 is 0 Å². The maximum Gasteiger partial charge on any atom is 0.0611 e. The summed E-state index contributed by atoms with van der Waals surface area (Å²) in [6.45, 7) is 44.9. The Morgan fingerprint density at radius 1 is 0.667 bits per heavy atom. The summed E-state index contributed by atoms with van der Waals surface area (Å²) >= 11 is 0. The van der Waals surface area contributed by atoms with Crippen LogP contribution in [-0.4, -0.2) is 18.0 Å². The molecule has 0 bridgehead atoms. The van der Waals surface area contributed by atoms with Crippen LogP contribution in [0.15, 0.2) is 34.4 Å². The number of hydrogen-bond donors (Lipinski definition) is 0. The Hall–Kier alpha value is 0.508. The SMILES string of the molecule is C.C.C.CC(C)(C)C1=CC(C(C)(C)C)=NC1.CC(C)(C)[C-]=CC(=[N-])C(C)(C)C.[CH-]=C(C=[C-]C(C)(C)C)C(C)(C)C.[Y].[Y]. The van der Waals surface area contributed by atoms with Crippen LogP contribution in [0.4, 0.5) is 0 Å². The first-order valence-electron chi connectivity index (χ1n) is 13.6. The summed E-state index contributed by atoms with van der Waals surface area (Å²) in [5.74, 6) is 0. The van der Waals surface area contributed by atoms with E-state index in [-0.39, 0.29) is 120 Å². The predicted molar refractivity (Wildman–Crippen MR) is 189 cm³/mol. The Bertz CT molecular complexity index is 826. The van der Waals surface area contributed by atoms with Crippen molar-refractivity contribution >= 4 is 11.4 Å². The summed E-state index contributed by atoms with van der Waals surface area (Å²) in [5, 5.41) is 9.55. The fourth-order valence-corrected chi connectivity index (χ4v) is 2.35. The summed E-state index contributed by atoms with van der Waals surface area (Å²) in [4.78, 5) is 4.58. The van der Waals surface area contributed by atoms with Gasteiger partial charge in [0.25, 0.3) is 0 Å². The summed E-state index contributed by atoms with van der Waals surface area (Å²) in [7, 11) is 0. The second-order valence-electron chi connectivity index (χ2n) is 16.3. The first-order valence-corrected chi connectivity index (χ1v) is 13.6. The molecule has 2 nitrogen and oxygen atoms in total. The molecule has 2 radical (unpaired) electrons. The van der Waals surface area contributed by atoms with Gasteiger partial charge in [-0.2, -0.15) is 0 Å². The standard InChI is InChI=1S/C12H21N.C12H20.C11H19N.3CH4.2Y/c1-11(2,3)9-7-10(13-8-9)12(4,5)6;1-10(12(5,6)7)8-9-11(2,3)4;1-10(2,3)8-7-9(12)11(4,5)6;;;;;/h7H,8H2,1-6H3;1,8H,2-7H3;7H,1-6H3;3*1H4;;/q;2*-2;;;;;. The van der Waals surface area contributed by atoms with Gasteiger partial charge in [0.15, 0.2) is 0 Å². The van der Waals surface area contributed by atoms with Crippen LogP contribution in [0, 0.1) is 51.2 Å². The molecule has 4 heteroatoms. The first-order chi connectivity index (χ1) is 16.0. The van der Waals surface area contributed by atoms with Gasteiger partial charge in [0, 0.05) is 76.5 Å². The molecule has 0 aliphatic carbocycles. The van der Waals surface area contributed by atoms with Gasteiger partial charge in [0.2, 0.25) is 0 Å². The fraction of sp³-hybridized carbons (Fsp3) is 0.737. The molecular weight excluding hydrogens is 662 g/mol. The minimum absolute atomic E-state index is 0. The molecule has 42 heavy (non-hydrogen) atoms. The van der Waals surface area contributed by atoms with E-state index in [2.05, 4.69) is 127 Å². The van der Waals surface area contributed by atoms with Crippen molar-refractivity contribution in [1.82, 2.24) is 0 Å². The smallest absolute Gasteiger partial charge is 0.0611 e. The number of rotatable bonds is 2. The molecule has 0 saturated carbocycles. The molecule has 0 spiro atoms. The van der Waals surface area contributed by atoms with Crippen LogP contribution in [-0.2, 0) is 65.4 Å². The maximum atomic E-state index is 9.55. The van der Waals surface area contributed by atoms with Crippen molar-refractivity contribution in [2.45, 2.75) is 147 Å². The molecular formula is C38H72N2Y2-4. The van der Waals surface area contributed by atoms with Crippen molar-refractivity contribution in [2.24, 2.45) is 37.5 Å². The van der Waals surface area contributed by atoms with Crippen LogP contribution >= 0.6 is 0 Å². The fourth-order valence-electron chi connectivity index (χ4n) is 2.35. The molecule has 244 valence electrons. The first kappa shape index (κ1) is 58.1. The number of nitrogens with zero attached hydrogens (tertiary/aromatic N) is 2. The summed E-state index contributed by atoms with van der Waals surface area (Å²) in [6.07, 6.45) is 12.2. The topological polar surface area (TPSA) is 34.7 Å². The molecule has 0 amide bonds. The summed E-state index contributed by atoms with van der Waals surface area (Å²) in [5.41, 5.74) is 4.44. The molecule has 0 saturated heterocycles. The summed E-state index contributed by atoms with van der Waals surface area (Å²) in [6, 6.07) is 0. The maximum absolute atomic E-state index is 9.55. The number of hydrogen-bond acceptors (Lipinski definition) is 1. The van der Waals surface area contributed by atoms with Gasteiger partial charge in [-0.15, -0.1) is 16.2 Å². The molecule has 0 N–H and O–H groups in total. The van der Waals surface area contributed by atoms with Crippen molar-refractivity contribution in [1.29, 1.82) is 0 Å². The number of allylic oxidation sites excluding steroid dienone is 6. The van der Waals surface area contributed by atoms with Crippen LogP contribution in [0.1, 0.15) is 147 Å². The van der Waals surface area contributed by atoms with Crippen molar-refractivity contribution in [3.63, 3.8) is 0 Å². The zero-order valence-corrected chi connectivity index (χ0v) is 34.7. The van der Waals surface area contributed by atoms with Crippen molar-refractivity contribution in [2.75, 3.05) is 6.54 Å². The number of aliphatic imine (C=N–C) groups is 1. The third-order valence-electron chi connectivity index (χ3n) is 5.40. The van der Waals surface area contributed by atoms with Crippen molar-refractivity contribution < 1.29 is 65.4 Å². The minimum atomic E-state index is -0.168. The van der Waals surface area contributed by atoms with Gasteiger partial charge in [-0.05, 0) is 17.1 Å². The van der Waals surface area contributed by atoms with E-state index in [1.165, 1.54) is 11.3 Å². The Morgan fingerprint density at radius 2 is 1.02 bits per heavy atom.